The van der Waals surface area contributed by atoms with Gasteiger partial charge < -0.3 is 15.2 Å². The van der Waals surface area contributed by atoms with E-state index in [-0.39, 0.29) is 5.56 Å². The van der Waals surface area contributed by atoms with Gasteiger partial charge in [-0.25, -0.2) is 4.79 Å². The summed E-state index contributed by atoms with van der Waals surface area (Å²) in [5.74, 6) is 2.52. The third-order valence-electron chi connectivity index (χ3n) is 4.46. The average molecular weight is 289 g/mol. The molecule has 1 aromatic carbocycles. The molecule has 2 fully saturated rings. The summed E-state index contributed by atoms with van der Waals surface area (Å²) in [4.78, 5) is 10.9. The highest BCUT2D eigenvalue weighted by molar-refractivity contribution is 5.87. The maximum atomic E-state index is 10.9. The van der Waals surface area contributed by atoms with E-state index in [2.05, 4.69) is 5.32 Å². The zero-order valence-electron chi connectivity index (χ0n) is 12.3. The fourth-order valence-electron chi connectivity index (χ4n) is 3.00. The van der Waals surface area contributed by atoms with E-state index in [4.69, 9.17) is 9.84 Å². The summed E-state index contributed by atoms with van der Waals surface area (Å²) in [6.45, 7) is 2.49. The quantitative estimate of drug-likeness (QED) is 0.686. The monoisotopic (exact) mass is 289 g/mol. The Morgan fingerprint density at radius 2 is 2.00 bits per heavy atom. The Morgan fingerprint density at radius 3 is 2.62 bits per heavy atom. The van der Waals surface area contributed by atoms with Crippen molar-refractivity contribution >= 4 is 5.97 Å². The fourth-order valence-corrected chi connectivity index (χ4v) is 3.00. The van der Waals surface area contributed by atoms with E-state index in [1.54, 1.807) is 24.3 Å². The van der Waals surface area contributed by atoms with Crippen molar-refractivity contribution in [1.82, 2.24) is 5.32 Å². The molecule has 2 aliphatic rings. The van der Waals surface area contributed by atoms with Gasteiger partial charge in [-0.1, -0.05) is 6.07 Å². The lowest BCUT2D eigenvalue weighted by atomic mass is 9.98. The standard InChI is InChI=1S/C17H23NO3/c19-17(20)14-2-1-3-15(10-14)21-9-8-18-11-16(12-4-5-12)13-6-7-13/h1-3,10,12-13,16,18H,4-9,11H2,(H,19,20). The van der Waals surface area contributed by atoms with Gasteiger partial charge in [0.2, 0.25) is 0 Å². The second-order valence-corrected chi connectivity index (χ2v) is 6.22. The number of carbonyl (C=O) groups is 1. The second kappa shape index (κ2) is 6.48. The zero-order chi connectivity index (χ0) is 14.7. The molecule has 0 spiro atoms. The minimum Gasteiger partial charge on any atom is -0.492 e. The molecule has 3 rings (SSSR count). The number of nitrogens with one attached hydrogen (secondary N) is 1. The summed E-state index contributed by atoms with van der Waals surface area (Å²) in [5, 5.41) is 12.4. The molecule has 0 radical (unpaired) electrons. The molecule has 114 valence electrons. The molecule has 0 aliphatic heterocycles. The molecule has 0 heterocycles. The molecule has 2 N–H and O–H groups in total. The Morgan fingerprint density at radius 1 is 1.29 bits per heavy atom. The second-order valence-electron chi connectivity index (χ2n) is 6.22. The van der Waals surface area contributed by atoms with Gasteiger partial charge in [-0.3, -0.25) is 0 Å². The smallest absolute Gasteiger partial charge is 0.335 e. The number of ether oxygens (including phenoxy) is 1. The number of hydrogen-bond acceptors (Lipinski definition) is 3. The van der Waals surface area contributed by atoms with Gasteiger partial charge in [-0.15, -0.1) is 0 Å². The summed E-state index contributed by atoms with van der Waals surface area (Å²) in [6.07, 6.45) is 5.67. The van der Waals surface area contributed by atoms with Crippen LogP contribution in [0.25, 0.3) is 0 Å². The molecule has 4 heteroatoms. The molecule has 21 heavy (non-hydrogen) atoms. The molecule has 0 atom stereocenters. The van der Waals surface area contributed by atoms with E-state index >= 15 is 0 Å². The first-order valence-electron chi connectivity index (χ1n) is 7.91. The van der Waals surface area contributed by atoms with Crippen LogP contribution in [0.2, 0.25) is 0 Å². The van der Waals surface area contributed by atoms with Crippen molar-refractivity contribution in [3.8, 4) is 5.75 Å². The molecule has 0 amide bonds. The van der Waals surface area contributed by atoms with Crippen LogP contribution in [0.1, 0.15) is 36.0 Å². The Bertz CT molecular complexity index is 483. The number of rotatable bonds is 9. The normalized spacial score (nSPS) is 18.0. The highest BCUT2D eigenvalue weighted by Gasteiger charge is 2.40. The molecule has 2 saturated carbocycles. The largest absolute Gasteiger partial charge is 0.492 e. The van der Waals surface area contributed by atoms with Crippen LogP contribution < -0.4 is 10.1 Å². The third kappa shape index (κ3) is 4.21. The van der Waals surface area contributed by atoms with E-state index in [0.717, 1.165) is 30.8 Å². The Labute approximate surface area is 125 Å². The molecular formula is C17H23NO3. The Balaban J connectivity index is 1.36. The SMILES string of the molecule is O=C(O)c1cccc(OCCNCC(C2CC2)C2CC2)c1. The molecule has 0 bridgehead atoms. The van der Waals surface area contributed by atoms with Crippen molar-refractivity contribution in [1.29, 1.82) is 0 Å². The lowest BCUT2D eigenvalue weighted by Crippen LogP contribution is -2.29. The van der Waals surface area contributed by atoms with Crippen molar-refractivity contribution in [2.45, 2.75) is 25.7 Å². The first-order chi connectivity index (χ1) is 10.2. The van der Waals surface area contributed by atoms with E-state index < -0.39 is 5.97 Å². The Kier molecular flexibility index (Phi) is 4.44. The van der Waals surface area contributed by atoms with Crippen LogP contribution >= 0.6 is 0 Å². The number of benzene rings is 1. The third-order valence-corrected chi connectivity index (χ3v) is 4.46. The van der Waals surface area contributed by atoms with Crippen LogP contribution in [0.5, 0.6) is 5.75 Å². The summed E-state index contributed by atoms with van der Waals surface area (Å²) in [5.41, 5.74) is 0.267. The van der Waals surface area contributed by atoms with E-state index in [1.807, 2.05) is 0 Å². The van der Waals surface area contributed by atoms with Gasteiger partial charge in [0.05, 0.1) is 5.56 Å². The van der Waals surface area contributed by atoms with Crippen LogP contribution in [0.4, 0.5) is 0 Å². The number of carboxylic acids is 1. The molecule has 1 aromatic rings. The zero-order valence-corrected chi connectivity index (χ0v) is 12.3. The van der Waals surface area contributed by atoms with Crippen LogP contribution in [0.15, 0.2) is 24.3 Å². The minimum absolute atomic E-state index is 0.267. The van der Waals surface area contributed by atoms with Crippen molar-refractivity contribution < 1.29 is 14.6 Å². The van der Waals surface area contributed by atoms with Crippen LogP contribution in [0.3, 0.4) is 0 Å². The molecular weight excluding hydrogens is 266 g/mol. The van der Waals surface area contributed by atoms with Gasteiger partial charge in [0.15, 0.2) is 0 Å². The number of carboxylic acid groups (broad SMARTS) is 1. The molecule has 0 saturated heterocycles. The van der Waals surface area contributed by atoms with Gasteiger partial charge in [-0.2, -0.15) is 0 Å². The molecule has 0 aromatic heterocycles. The van der Waals surface area contributed by atoms with Crippen LogP contribution in [-0.2, 0) is 0 Å². The van der Waals surface area contributed by atoms with Crippen molar-refractivity contribution in [3.63, 3.8) is 0 Å². The maximum absolute atomic E-state index is 10.9. The summed E-state index contributed by atoms with van der Waals surface area (Å²) < 4.78 is 5.61. The molecule has 4 nitrogen and oxygen atoms in total. The lowest BCUT2D eigenvalue weighted by molar-refractivity contribution is 0.0696. The van der Waals surface area contributed by atoms with Gasteiger partial charge in [0, 0.05) is 6.54 Å². The van der Waals surface area contributed by atoms with Crippen molar-refractivity contribution in [3.05, 3.63) is 29.8 Å². The summed E-state index contributed by atoms with van der Waals surface area (Å²) in [7, 11) is 0. The topological polar surface area (TPSA) is 58.6 Å². The summed E-state index contributed by atoms with van der Waals surface area (Å²) >= 11 is 0. The average Bonchev–Trinajstić information content (AvgIpc) is 3.37. The van der Waals surface area contributed by atoms with Gasteiger partial charge in [0.25, 0.3) is 0 Å². The predicted octanol–water partition coefficient (Wildman–Crippen LogP) is 2.79. The molecule has 0 unspecified atom stereocenters. The molecule has 2 aliphatic carbocycles. The highest BCUT2D eigenvalue weighted by atomic mass is 16.5. The van der Waals surface area contributed by atoms with E-state index in [1.165, 1.54) is 25.7 Å². The van der Waals surface area contributed by atoms with Gasteiger partial charge in [-0.05, 0) is 68.2 Å². The maximum Gasteiger partial charge on any atom is 0.335 e. The summed E-state index contributed by atoms with van der Waals surface area (Å²) in [6, 6.07) is 6.65. The minimum atomic E-state index is -0.921. The van der Waals surface area contributed by atoms with Crippen molar-refractivity contribution in [2.24, 2.45) is 17.8 Å². The predicted molar refractivity (Wildman–Crippen MR) is 80.7 cm³/mol. The lowest BCUT2D eigenvalue weighted by Gasteiger charge is -2.16. The van der Waals surface area contributed by atoms with E-state index in [0.29, 0.717) is 12.4 Å². The van der Waals surface area contributed by atoms with Crippen molar-refractivity contribution in [2.75, 3.05) is 19.7 Å². The first kappa shape index (κ1) is 14.4. The Hall–Kier alpha value is -1.55. The van der Waals surface area contributed by atoms with E-state index in [9.17, 15) is 4.79 Å². The first-order valence-corrected chi connectivity index (χ1v) is 7.91. The number of aromatic carboxylic acids is 1. The van der Waals surface area contributed by atoms with Crippen LogP contribution in [-0.4, -0.2) is 30.8 Å². The highest BCUT2D eigenvalue weighted by Crippen LogP contribution is 2.48. The fraction of sp³-hybridized carbons (Fsp3) is 0.588. The van der Waals surface area contributed by atoms with Gasteiger partial charge >= 0.3 is 5.97 Å². The van der Waals surface area contributed by atoms with Crippen LogP contribution in [0, 0.1) is 17.8 Å². The van der Waals surface area contributed by atoms with Gasteiger partial charge in [0.1, 0.15) is 12.4 Å². The number of hydrogen-bond donors (Lipinski definition) is 2.